The first-order valence-corrected chi connectivity index (χ1v) is 6.34. The fraction of sp³-hybridized carbons (Fsp3) is 0.400. The molecule has 0 atom stereocenters. The van der Waals surface area contributed by atoms with Gasteiger partial charge in [0, 0.05) is 18.7 Å². The molecule has 0 saturated heterocycles. The minimum absolute atomic E-state index is 0.192. The number of thiazole rings is 1. The van der Waals surface area contributed by atoms with E-state index >= 15 is 0 Å². The van der Waals surface area contributed by atoms with Gasteiger partial charge in [-0.1, -0.05) is 29.5 Å². The van der Waals surface area contributed by atoms with Gasteiger partial charge in [0.1, 0.15) is 10.7 Å². The maximum Gasteiger partial charge on any atom is 0.265 e. The molecule has 0 fully saturated rings. The normalized spacial score (nSPS) is 10.1. The fourth-order valence-corrected chi connectivity index (χ4v) is 1.98. The van der Waals surface area contributed by atoms with Crippen LogP contribution in [0.3, 0.4) is 0 Å². The molecule has 0 unspecified atom stereocenters. The fourth-order valence-electron chi connectivity index (χ4n) is 1.09. The molecule has 0 saturated carbocycles. The van der Waals surface area contributed by atoms with E-state index in [0.717, 1.165) is 0 Å². The number of halogens is 1. The zero-order valence-electron chi connectivity index (χ0n) is 9.96. The number of anilines is 2. The molecule has 0 aliphatic heterocycles. The number of nitrogens with one attached hydrogen (secondary N) is 2. The first-order valence-electron chi connectivity index (χ1n) is 5.15. The lowest BCUT2D eigenvalue weighted by molar-refractivity contribution is 0.0962. The Bertz CT molecular complexity index is 436. The summed E-state index contributed by atoms with van der Waals surface area (Å²) in [5.41, 5.74) is 5.66. The van der Waals surface area contributed by atoms with Crippen molar-refractivity contribution in [2.24, 2.45) is 0 Å². The van der Waals surface area contributed by atoms with Crippen LogP contribution in [0.1, 0.15) is 9.67 Å². The third-order valence-electron chi connectivity index (χ3n) is 1.88. The highest BCUT2D eigenvalue weighted by Gasteiger charge is 2.15. The molecule has 1 heterocycles. The first kappa shape index (κ1) is 14.7. The largest absolute Gasteiger partial charge is 0.383 e. The molecule has 6 nitrogen and oxygen atoms in total. The Hall–Kier alpha value is -1.31. The van der Waals surface area contributed by atoms with Crippen LogP contribution in [-0.2, 0) is 4.74 Å². The minimum Gasteiger partial charge on any atom is -0.383 e. The van der Waals surface area contributed by atoms with Crippen molar-refractivity contribution in [3.05, 3.63) is 16.5 Å². The average molecular weight is 291 g/mol. The number of hydrogen-bond acceptors (Lipinski definition) is 6. The third kappa shape index (κ3) is 4.52. The number of amides is 1. The van der Waals surface area contributed by atoms with Crippen LogP contribution in [0, 0.1) is 0 Å². The van der Waals surface area contributed by atoms with Crippen molar-refractivity contribution < 1.29 is 9.53 Å². The summed E-state index contributed by atoms with van der Waals surface area (Å²) >= 11 is 6.74. The van der Waals surface area contributed by atoms with Crippen molar-refractivity contribution in [2.45, 2.75) is 0 Å². The first-order chi connectivity index (χ1) is 8.54. The summed E-state index contributed by atoms with van der Waals surface area (Å²) in [4.78, 5) is 16.1. The third-order valence-corrected chi connectivity index (χ3v) is 3.04. The molecule has 0 aromatic carbocycles. The van der Waals surface area contributed by atoms with E-state index in [-0.39, 0.29) is 18.3 Å². The Morgan fingerprint density at radius 2 is 2.39 bits per heavy atom. The van der Waals surface area contributed by atoms with Crippen LogP contribution in [0.2, 0.25) is 0 Å². The second-order valence-electron chi connectivity index (χ2n) is 3.35. The number of nitrogens with two attached hydrogens (primary N) is 1. The molecule has 1 rings (SSSR count). The number of hydrogen-bond donors (Lipinski definition) is 3. The van der Waals surface area contributed by atoms with Crippen LogP contribution in [0.15, 0.2) is 11.6 Å². The maximum atomic E-state index is 11.7. The Morgan fingerprint density at radius 3 is 3.00 bits per heavy atom. The zero-order chi connectivity index (χ0) is 13.5. The monoisotopic (exact) mass is 290 g/mol. The van der Waals surface area contributed by atoms with Crippen molar-refractivity contribution in [1.82, 2.24) is 10.3 Å². The summed E-state index contributed by atoms with van der Waals surface area (Å²) in [7, 11) is 1.61. The molecular weight excluding hydrogens is 276 g/mol. The van der Waals surface area contributed by atoms with Gasteiger partial charge in [-0.25, -0.2) is 4.98 Å². The molecule has 8 heteroatoms. The van der Waals surface area contributed by atoms with Gasteiger partial charge in [-0.3, -0.25) is 4.79 Å². The van der Waals surface area contributed by atoms with Crippen LogP contribution in [-0.4, -0.2) is 37.7 Å². The Balaban J connectivity index is 2.60. The van der Waals surface area contributed by atoms with E-state index in [1.54, 1.807) is 7.11 Å². The van der Waals surface area contributed by atoms with Crippen molar-refractivity contribution in [2.75, 3.05) is 37.9 Å². The molecule has 0 aliphatic carbocycles. The highest BCUT2D eigenvalue weighted by Crippen LogP contribution is 2.24. The zero-order valence-corrected chi connectivity index (χ0v) is 11.5. The Labute approximate surface area is 114 Å². The molecule has 1 aromatic heterocycles. The summed E-state index contributed by atoms with van der Waals surface area (Å²) in [6.45, 7) is 4.83. The van der Waals surface area contributed by atoms with Gasteiger partial charge in [0.2, 0.25) is 0 Å². The Morgan fingerprint density at radius 1 is 1.67 bits per heavy atom. The van der Waals surface area contributed by atoms with E-state index < -0.39 is 0 Å². The quantitative estimate of drug-likeness (QED) is 0.658. The summed E-state index contributed by atoms with van der Waals surface area (Å²) in [6, 6.07) is 0. The van der Waals surface area contributed by atoms with E-state index in [2.05, 4.69) is 22.2 Å². The van der Waals surface area contributed by atoms with E-state index in [0.29, 0.717) is 28.2 Å². The highest BCUT2D eigenvalue weighted by atomic mass is 35.5. The van der Waals surface area contributed by atoms with Gasteiger partial charge in [-0.05, 0) is 0 Å². The van der Waals surface area contributed by atoms with Crippen LogP contribution in [0.25, 0.3) is 0 Å². The smallest absolute Gasteiger partial charge is 0.265 e. The number of carbonyl (C=O) groups excluding carboxylic acids is 1. The highest BCUT2D eigenvalue weighted by molar-refractivity contribution is 7.18. The number of aromatic nitrogens is 1. The molecule has 100 valence electrons. The van der Waals surface area contributed by atoms with Crippen molar-refractivity contribution >= 4 is 39.8 Å². The number of ether oxygens (including phenoxy) is 1. The number of methoxy groups -OCH3 is 1. The van der Waals surface area contributed by atoms with Gasteiger partial charge in [0.25, 0.3) is 5.91 Å². The molecule has 0 radical (unpaired) electrons. The second kappa shape index (κ2) is 7.20. The molecular formula is C10H15ClN4O2S. The van der Waals surface area contributed by atoms with E-state index in [4.69, 9.17) is 22.1 Å². The summed E-state index contributed by atoms with van der Waals surface area (Å²) in [5.74, 6) is -0.121. The lowest BCUT2D eigenvalue weighted by Crippen LogP contribution is -2.24. The van der Waals surface area contributed by atoms with Gasteiger partial charge >= 0.3 is 0 Å². The van der Waals surface area contributed by atoms with Gasteiger partial charge in [-0.2, -0.15) is 0 Å². The van der Waals surface area contributed by atoms with Crippen LogP contribution in [0.4, 0.5) is 10.9 Å². The molecule has 0 aliphatic rings. The van der Waals surface area contributed by atoms with Crippen molar-refractivity contribution in [3.63, 3.8) is 0 Å². The predicted octanol–water partition coefficient (Wildman–Crippen LogP) is 1.27. The van der Waals surface area contributed by atoms with Crippen molar-refractivity contribution in [1.29, 1.82) is 0 Å². The minimum atomic E-state index is -0.313. The van der Waals surface area contributed by atoms with E-state index in [1.807, 2.05) is 0 Å². The summed E-state index contributed by atoms with van der Waals surface area (Å²) in [5, 5.41) is 6.53. The topological polar surface area (TPSA) is 89.3 Å². The van der Waals surface area contributed by atoms with Crippen LogP contribution in [0.5, 0.6) is 0 Å². The molecule has 1 amide bonds. The average Bonchev–Trinajstić information content (AvgIpc) is 2.68. The molecule has 1 aromatic rings. The van der Waals surface area contributed by atoms with Gasteiger partial charge < -0.3 is 21.1 Å². The van der Waals surface area contributed by atoms with E-state index in [1.165, 1.54) is 11.3 Å². The van der Waals surface area contributed by atoms with Crippen LogP contribution >= 0.6 is 22.9 Å². The van der Waals surface area contributed by atoms with E-state index in [9.17, 15) is 4.79 Å². The lowest BCUT2D eigenvalue weighted by atomic mass is 10.4. The van der Waals surface area contributed by atoms with Crippen molar-refractivity contribution in [3.8, 4) is 0 Å². The number of nitrogen functional groups attached to an aromatic ring is 1. The number of rotatable bonds is 7. The molecule has 0 spiro atoms. The SMILES string of the molecule is C=C(Cl)CNC(=O)c1sc(NCCOC)nc1N. The second-order valence-corrected chi connectivity index (χ2v) is 4.89. The predicted molar refractivity (Wildman–Crippen MR) is 74.2 cm³/mol. The maximum absolute atomic E-state index is 11.7. The summed E-state index contributed by atoms with van der Waals surface area (Å²) < 4.78 is 4.89. The molecule has 4 N–H and O–H groups in total. The number of carbonyl (C=O) groups is 1. The summed E-state index contributed by atoms with van der Waals surface area (Å²) in [6.07, 6.45) is 0. The standard InChI is InChI=1S/C10H15ClN4O2S/c1-6(11)5-14-9(16)7-8(12)15-10(18-7)13-3-4-17-2/h1,3-5,12H2,2H3,(H,13,15)(H,14,16). The van der Waals surface area contributed by atoms with Gasteiger partial charge in [-0.15, -0.1) is 0 Å². The number of nitrogens with zero attached hydrogens (tertiary/aromatic N) is 1. The molecule has 0 bridgehead atoms. The lowest BCUT2D eigenvalue weighted by Gasteiger charge is -2.01. The van der Waals surface area contributed by atoms with Gasteiger partial charge in [0.05, 0.1) is 13.2 Å². The molecule has 18 heavy (non-hydrogen) atoms. The van der Waals surface area contributed by atoms with Gasteiger partial charge in [0.15, 0.2) is 5.13 Å². The Kier molecular flexibility index (Phi) is 5.90. The van der Waals surface area contributed by atoms with Crippen LogP contribution < -0.4 is 16.4 Å².